The molecule has 0 heterocycles. The van der Waals surface area contributed by atoms with Crippen LogP contribution in [0, 0.1) is 11.3 Å². The van der Waals surface area contributed by atoms with E-state index < -0.39 is 0 Å². The summed E-state index contributed by atoms with van der Waals surface area (Å²) in [5, 5.41) is 11.9. The molecule has 0 bridgehead atoms. The molecule has 0 saturated heterocycles. The molecule has 0 aliphatic heterocycles. The zero-order valence-electron chi connectivity index (χ0n) is 11.8. The Morgan fingerprint density at radius 3 is 2.74 bits per heavy atom. The quantitative estimate of drug-likeness (QED) is 0.811. The molecule has 3 heteroatoms. The van der Waals surface area contributed by atoms with E-state index in [-0.39, 0.29) is 11.9 Å². The third-order valence-electron chi connectivity index (χ3n) is 3.13. The number of benzene rings is 1. The highest BCUT2D eigenvalue weighted by molar-refractivity contribution is 5.94. The van der Waals surface area contributed by atoms with Crippen molar-refractivity contribution in [3.05, 3.63) is 35.4 Å². The van der Waals surface area contributed by atoms with E-state index in [1.807, 2.05) is 0 Å². The van der Waals surface area contributed by atoms with E-state index in [2.05, 4.69) is 25.2 Å². The fourth-order valence-corrected chi connectivity index (χ4v) is 2.09. The Hall–Kier alpha value is -1.82. The summed E-state index contributed by atoms with van der Waals surface area (Å²) >= 11 is 0. The van der Waals surface area contributed by atoms with E-state index >= 15 is 0 Å². The summed E-state index contributed by atoms with van der Waals surface area (Å²) in [4.78, 5) is 12.1. The molecule has 3 nitrogen and oxygen atoms in total. The Balaban J connectivity index is 2.67. The van der Waals surface area contributed by atoms with E-state index in [0.29, 0.717) is 11.1 Å². The second-order valence-corrected chi connectivity index (χ2v) is 4.79. The van der Waals surface area contributed by atoms with Crippen LogP contribution in [0.25, 0.3) is 0 Å². The fraction of sp³-hybridized carbons (Fsp3) is 0.500. The lowest BCUT2D eigenvalue weighted by Gasteiger charge is -2.17. The average Bonchev–Trinajstić information content (AvgIpc) is 2.45. The number of rotatable bonds is 7. The summed E-state index contributed by atoms with van der Waals surface area (Å²) in [5.74, 6) is -0.0772. The van der Waals surface area contributed by atoms with Gasteiger partial charge in [0.05, 0.1) is 11.6 Å². The second-order valence-electron chi connectivity index (χ2n) is 4.79. The molecule has 1 aromatic rings. The first-order chi connectivity index (χ1) is 9.21. The maximum absolute atomic E-state index is 12.1. The van der Waals surface area contributed by atoms with E-state index in [1.54, 1.807) is 24.3 Å². The topological polar surface area (TPSA) is 52.9 Å². The van der Waals surface area contributed by atoms with Gasteiger partial charge in [-0.05, 0) is 31.0 Å². The van der Waals surface area contributed by atoms with Crippen LogP contribution in [-0.4, -0.2) is 11.9 Å². The molecule has 0 aliphatic rings. The molecule has 1 unspecified atom stereocenters. The van der Waals surface area contributed by atoms with Crippen LogP contribution < -0.4 is 5.32 Å². The first-order valence-corrected chi connectivity index (χ1v) is 7.02. The minimum Gasteiger partial charge on any atom is -0.349 e. The molecule has 0 radical (unpaired) electrons. The number of carbonyl (C=O) groups is 1. The second kappa shape index (κ2) is 8.31. The molecule has 0 saturated carbocycles. The zero-order valence-corrected chi connectivity index (χ0v) is 11.8. The Bertz CT molecular complexity index is 448. The number of hydrogen-bond acceptors (Lipinski definition) is 2. The zero-order chi connectivity index (χ0) is 14.1. The normalized spacial score (nSPS) is 11.6. The van der Waals surface area contributed by atoms with Gasteiger partial charge in [-0.15, -0.1) is 0 Å². The molecule has 19 heavy (non-hydrogen) atoms. The van der Waals surface area contributed by atoms with Gasteiger partial charge in [-0.25, -0.2) is 0 Å². The maximum atomic E-state index is 12.1. The van der Waals surface area contributed by atoms with E-state index in [0.717, 1.165) is 32.1 Å². The largest absolute Gasteiger partial charge is 0.349 e. The van der Waals surface area contributed by atoms with Crippen molar-refractivity contribution in [2.24, 2.45) is 0 Å². The number of nitrogens with one attached hydrogen (secondary N) is 1. The molecular weight excluding hydrogens is 236 g/mol. The molecule has 1 aromatic carbocycles. The van der Waals surface area contributed by atoms with Crippen molar-refractivity contribution in [1.82, 2.24) is 5.32 Å². The van der Waals surface area contributed by atoms with Crippen molar-refractivity contribution in [3.8, 4) is 6.07 Å². The van der Waals surface area contributed by atoms with Crippen LogP contribution in [0.15, 0.2) is 24.3 Å². The van der Waals surface area contributed by atoms with Crippen LogP contribution in [0.2, 0.25) is 0 Å². The predicted molar refractivity (Wildman–Crippen MR) is 76.8 cm³/mol. The van der Waals surface area contributed by atoms with E-state index in [4.69, 9.17) is 5.26 Å². The number of nitriles is 1. The molecule has 1 atom stereocenters. The number of amides is 1. The lowest BCUT2D eigenvalue weighted by atomic mass is 10.0. The summed E-state index contributed by atoms with van der Waals surface area (Å²) in [6.45, 7) is 4.28. The van der Waals surface area contributed by atoms with Gasteiger partial charge in [-0.2, -0.15) is 5.26 Å². The van der Waals surface area contributed by atoms with Crippen molar-refractivity contribution >= 4 is 5.91 Å². The molecule has 102 valence electrons. The van der Waals surface area contributed by atoms with Gasteiger partial charge in [0, 0.05) is 11.6 Å². The summed E-state index contributed by atoms with van der Waals surface area (Å²) in [5.41, 5.74) is 1.09. The Labute approximate surface area is 115 Å². The summed E-state index contributed by atoms with van der Waals surface area (Å²) in [6.07, 6.45) is 5.35. The van der Waals surface area contributed by atoms with Gasteiger partial charge in [0.1, 0.15) is 0 Å². The maximum Gasteiger partial charge on any atom is 0.251 e. The van der Waals surface area contributed by atoms with E-state index in [9.17, 15) is 4.79 Å². The molecule has 1 N–H and O–H groups in total. The van der Waals surface area contributed by atoms with Gasteiger partial charge in [-0.3, -0.25) is 4.79 Å². The standard InChI is InChI=1S/C16H22N2O/c1-3-5-10-15(7-4-2)18-16(19)14-9-6-8-13(11-14)12-17/h6,8-9,11,15H,3-5,7,10H2,1-2H3,(H,18,19). The molecule has 1 rings (SSSR count). The van der Waals surface area contributed by atoms with Crippen LogP contribution in [0.4, 0.5) is 0 Å². The van der Waals surface area contributed by atoms with Gasteiger partial charge < -0.3 is 5.32 Å². The first-order valence-electron chi connectivity index (χ1n) is 7.02. The Kier molecular flexibility index (Phi) is 6.67. The molecular formula is C16H22N2O. The Morgan fingerprint density at radius 2 is 2.11 bits per heavy atom. The third kappa shape index (κ3) is 5.13. The number of hydrogen-bond donors (Lipinski definition) is 1. The minimum atomic E-state index is -0.0772. The molecule has 0 spiro atoms. The first kappa shape index (κ1) is 15.2. The predicted octanol–water partition coefficient (Wildman–Crippen LogP) is 3.65. The van der Waals surface area contributed by atoms with Crippen molar-refractivity contribution in [3.63, 3.8) is 0 Å². The van der Waals surface area contributed by atoms with Crippen molar-refractivity contribution in [1.29, 1.82) is 5.26 Å². The monoisotopic (exact) mass is 258 g/mol. The highest BCUT2D eigenvalue weighted by Gasteiger charge is 2.12. The Morgan fingerprint density at radius 1 is 1.32 bits per heavy atom. The van der Waals surface area contributed by atoms with Gasteiger partial charge in [0.25, 0.3) is 5.91 Å². The van der Waals surface area contributed by atoms with Gasteiger partial charge in [0.15, 0.2) is 0 Å². The number of unbranched alkanes of at least 4 members (excludes halogenated alkanes) is 1. The van der Waals surface area contributed by atoms with Gasteiger partial charge in [0.2, 0.25) is 0 Å². The van der Waals surface area contributed by atoms with Crippen LogP contribution in [0.3, 0.4) is 0 Å². The third-order valence-corrected chi connectivity index (χ3v) is 3.13. The van der Waals surface area contributed by atoms with Crippen molar-refractivity contribution < 1.29 is 4.79 Å². The SMILES string of the molecule is CCCCC(CCC)NC(=O)c1cccc(C#N)c1. The molecule has 0 aromatic heterocycles. The van der Waals surface area contributed by atoms with Crippen molar-refractivity contribution in [2.75, 3.05) is 0 Å². The lowest BCUT2D eigenvalue weighted by molar-refractivity contribution is 0.0932. The average molecular weight is 258 g/mol. The smallest absolute Gasteiger partial charge is 0.251 e. The molecule has 1 amide bonds. The summed E-state index contributed by atoms with van der Waals surface area (Å²) < 4.78 is 0. The van der Waals surface area contributed by atoms with Crippen LogP contribution >= 0.6 is 0 Å². The summed E-state index contributed by atoms with van der Waals surface area (Å²) in [6, 6.07) is 9.13. The van der Waals surface area contributed by atoms with Crippen LogP contribution in [0.5, 0.6) is 0 Å². The number of nitrogens with zero attached hydrogens (tertiary/aromatic N) is 1. The highest BCUT2D eigenvalue weighted by atomic mass is 16.1. The summed E-state index contributed by atoms with van der Waals surface area (Å²) in [7, 11) is 0. The highest BCUT2D eigenvalue weighted by Crippen LogP contribution is 2.09. The fourth-order valence-electron chi connectivity index (χ4n) is 2.09. The molecule has 0 fully saturated rings. The van der Waals surface area contributed by atoms with Gasteiger partial charge in [-0.1, -0.05) is 39.2 Å². The van der Waals surface area contributed by atoms with Crippen molar-refractivity contribution in [2.45, 2.75) is 52.0 Å². The van der Waals surface area contributed by atoms with E-state index in [1.165, 1.54) is 0 Å². The minimum absolute atomic E-state index is 0.0772. The van der Waals surface area contributed by atoms with Crippen LogP contribution in [-0.2, 0) is 0 Å². The van der Waals surface area contributed by atoms with Gasteiger partial charge >= 0.3 is 0 Å². The number of carbonyl (C=O) groups excluding carboxylic acids is 1. The van der Waals surface area contributed by atoms with Crippen LogP contribution in [0.1, 0.15) is 61.9 Å². The lowest BCUT2D eigenvalue weighted by Crippen LogP contribution is -2.34. The molecule has 0 aliphatic carbocycles.